The molecule has 0 saturated heterocycles. The van der Waals surface area contributed by atoms with Crippen molar-refractivity contribution in [2.24, 2.45) is 0 Å². The molecule has 0 radical (unpaired) electrons. The molecule has 3 N–H and O–H groups in total. The van der Waals surface area contributed by atoms with Crippen molar-refractivity contribution in [3.8, 4) is 0 Å². The lowest BCUT2D eigenvalue weighted by molar-refractivity contribution is 0.0707. The van der Waals surface area contributed by atoms with Crippen LogP contribution in [0.25, 0.3) is 0 Å². The number of amides is 1. The van der Waals surface area contributed by atoms with E-state index < -0.39 is 5.91 Å². The number of hydrogen-bond acceptors (Lipinski definition) is 3. The molecule has 0 aliphatic carbocycles. The standard InChI is InChI=1S/C7H7N2O2P/c8-12-6-4-2-1-3-5(6)7(10)9-11/h1-4,8,11H,(H,9,10). The summed E-state index contributed by atoms with van der Waals surface area (Å²) >= 11 is 0. The predicted molar refractivity (Wildman–Crippen MR) is 45.0 cm³/mol. The van der Waals surface area contributed by atoms with E-state index in [-0.39, 0.29) is 8.37 Å². The summed E-state index contributed by atoms with van der Waals surface area (Å²) in [5, 5.41) is 16.0. The van der Waals surface area contributed by atoms with E-state index in [1.165, 1.54) is 5.48 Å². The van der Waals surface area contributed by atoms with Gasteiger partial charge in [-0.2, -0.15) is 0 Å². The van der Waals surface area contributed by atoms with Gasteiger partial charge in [0.1, 0.15) is 0 Å². The highest BCUT2D eigenvalue weighted by molar-refractivity contribution is 7.35. The van der Waals surface area contributed by atoms with Crippen molar-refractivity contribution in [2.75, 3.05) is 0 Å². The van der Waals surface area contributed by atoms with Crippen LogP contribution in [0.1, 0.15) is 10.4 Å². The summed E-state index contributed by atoms with van der Waals surface area (Å²) in [4.78, 5) is 10.9. The Labute approximate surface area is 70.9 Å². The maximum Gasteiger partial charge on any atom is 0.275 e. The molecule has 62 valence electrons. The zero-order chi connectivity index (χ0) is 8.97. The third kappa shape index (κ3) is 1.67. The smallest absolute Gasteiger partial charge is 0.275 e. The Kier molecular flexibility index (Phi) is 2.91. The number of benzene rings is 1. The zero-order valence-electron chi connectivity index (χ0n) is 6.11. The Morgan fingerprint density at radius 2 is 2.17 bits per heavy atom. The first-order valence-corrected chi connectivity index (χ1v) is 4.10. The number of nitrogens with one attached hydrogen (secondary N) is 2. The maximum atomic E-state index is 10.9. The van der Waals surface area contributed by atoms with Gasteiger partial charge in [0.05, 0.1) is 5.56 Å². The van der Waals surface area contributed by atoms with Crippen LogP contribution in [0.15, 0.2) is 24.3 Å². The summed E-state index contributed by atoms with van der Waals surface area (Å²) < 4.78 is 0. The molecule has 5 heteroatoms. The van der Waals surface area contributed by atoms with E-state index in [1.807, 2.05) is 0 Å². The van der Waals surface area contributed by atoms with E-state index >= 15 is 0 Å². The summed E-state index contributed by atoms with van der Waals surface area (Å²) in [5.74, 6) is -0.578. The molecule has 0 bridgehead atoms. The van der Waals surface area contributed by atoms with Gasteiger partial charge in [-0.25, -0.2) is 5.48 Å². The normalized spacial score (nSPS) is 9.75. The van der Waals surface area contributed by atoms with Crippen LogP contribution < -0.4 is 10.8 Å². The molecule has 0 aliphatic rings. The fourth-order valence-electron chi connectivity index (χ4n) is 0.823. The van der Waals surface area contributed by atoms with Crippen molar-refractivity contribution < 1.29 is 10.0 Å². The second kappa shape index (κ2) is 3.95. The van der Waals surface area contributed by atoms with Crippen LogP contribution in [0.4, 0.5) is 0 Å². The minimum absolute atomic E-state index is 0.260. The molecular weight excluding hydrogens is 175 g/mol. The Morgan fingerprint density at radius 1 is 1.50 bits per heavy atom. The molecule has 0 atom stereocenters. The number of rotatable bonds is 2. The lowest BCUT2D eigenvalue weighted by Gasteiger charge is -2.00. The molecule has 12 heavy (non-hydrogen) atoms. The highest BCUT2D eigenvalue weighted by Crippen LogP contribution is 2.03. The number of carbonyl (C=O) groups is 1. The second-order valence-corrected chi connectivity index (χ2v) is 2.78. The molecule has 0 spiro atoms. The lowest BCUT2D eigenvalue weighted by atomic mass is 10.2. The van der Waals surface area contributed by atoms with Gasteiger partial charge in [-0.15, -0.1) is 0 Å². The Bertz CT molecular complexity index is 314. The molecule has 0 heterocycles. The first-order chi connectivity index (χ1) is 5.79. The summed E-state index contributed by atoms with van der Waals surface area (Å²) in [6.07, 6.45) is 0. The number of hydrogen-bond donors (Lipinski definition) is 3. The molecule has 1 aromatic rings. The maximum absolute atomic E-state index is 10.9. The quantitative estimate of drug-likeness (QED) is 0.364. The molecule has 0 aliphatic heterocycles. The fraction of sp³-hybridized carbons (Fsp3) is 0. The Balaban J connectivity index is 3.13. The minimum Gasteiger partial charge on any atom is -0.288 e. The molecule has 0 aromatic heterocycles. The molecule has 1 rings (SSSR count). The molecule has 1 aromatic carbocycles. The van der Waals surface area contributed by atoms with Gasteiger partial charge in [0.2, 0.25) is 0 Å². The van der Waals surface area contributed by atoms with Crippen LogP contribution in [-0.4, -0.2) is 11.1 Å². The van der Waals surface area contributed by atoms with Crippen LogP contribution in [0.2, 0.25) is 0 Å². The third-order valence-electron chi connectivity index (χ3n) is 1.37. The first kappa shape index (κ1) is 8.84. The summed E-state index contributed by atoms with van der Waals surface area (Å²) in [6, 6.07) is 6.64. The van der Waals surface area contributed by atoms with Gasteiger partial charge >= 0.3 is 0 Å². The van der Waals surface area contributed by atoms with Crippen LogP contribution >= 0.6 is 8.37 Å². The molecule has 1 amide bonds. The van der Waals surface area contributed by atoms with E-state index in [2.05, 4.69) is 0 Å². The average molecular weight is 182 g/mol. The topological polar surface area (TPSA) is 73.2 Å². The average Bonchev–Trinajstić information content (AvgIpc) is 2.16. The zero-order valence-corrected chi connectivity index (χ0v) is 7.01. The third-order valence-corrected chi connectivity index (χ3v) is 2.00. The van der Waals surface area contributed by atoms with Crippen molar-refractivity contribution in [3.63, 3.8) is 0 Å². The van der Waals surface area contributed by atoms with E-state index in [0.29, 0.717) is 10.9 Å². The Hall–Kier alpha value is -1.25. The number of carbonyl (C=O) groups excluding carboxylic acids is 1. The highest BCUT2D eigenvalue weighted by atomic mass is 31.1. The summed E-state index contributed by atoms with van der Waals surface area (Å²) in [6.45, 7) is 0. The van der Waals surface area contributed by atoms with Crippen LogP contribution in [-0.2, 0) is 0 Å². The molecule has 0 unspecified atom stereocenters. The molecule has 4 nitrogen and oxygen atoms in total. The van der Waals surface area contributed by atoms with E-state index in [9.17, 15) is 4.79 Å². The van der Waals surface area contributed by atoms with Gasteiger partial charge in [-0.1, -0.05) is 12.1 Å². The highest BCUT2D eigenvalue weighted by Gasteiger charge is 2.07. The van der Waals surface area contributed by atoms with Crippen LogP contribution in [0.5, 0.6) is 0 Å². The summed E-state index contributed by atoms with van der Waals surface area (Å²) in [5.41, 5.74) is 1.86. The van der Waals surface area contributed by atoms with Gasteiger partial charge in [0.15, 0.2) is 0 Å². The molecule has 0 saturated carbocycles. The minimum atomic E-state index is -0.578. The van der Waals surface area contributed by atoms with E-state index in [4.69, 9.17) is 10.4 Å². The lowest BCUT2D eigenvalue weighted by Crippen LogP contribution is -2.23. The SMILES string of the molecule is N=Pc1ccccc1C(=O)NO. The van der Waals surface area contributed by atoms with Gasteiger partial charge < -0.3 is 0 Å². The first-order valence-electron chi connectivity index (χ1n) is 3.20. The number of hydroxylamine groups is 1. The van der Waals surface area contributed by atoms with Gasteiger partial charge in [-0.3, -0.25) is 15.2 Å². The van der Waals surface area contributed by atoms with Gasteiger partial charge in [0, 0.05) is 13.7 Å². The fourth-order valence-corrected chi connectivity index (χ4v) is 1.28. The van der Waals surface area contributed by atoms with Crippen LogP contribution in [0.3, 0.4) is 0 Å². The van der Waals surface area contributed by atoms with Crippen molar-refractivity contribution in [3.05, 3.63) is 29.8 Å². The largest absolute Gasteiger partial charge is 0.288 e. The van der Waals surface area contributed by atoms with E-state index in [0.717, 1.165) is 0 Å². The predicted octanol–water partition coefficient (Wildman–Crippen LogP) is 1.14. The van der Waals surface area contributed by atoms with Crippen molar-refractivity contribution in [2.45, 2.75) is 0 Å². The second-order valence-electron chi connectivity index (χ2n) is 2.07. The van der Waals surface area contributed by atoms with Crippen molar-refractivity contribution in [1.29, 1.82) is 5.16 Å². The summed E-state index contributed by atoms with van der Waals surface area (Å²) in [7, 11) is 0.260. The van der Waals surface area contributed by atoms with Gasteiger partial charge in [-0.05, 0) is 12.1 Å². The Morgan fingerprint density at radius 3 is 2.75 bits per heavy atom. The monoisotopic (exact) mass is 182 g/mol. The van der Waals surface area contributed by atoms with Crippen molar-refractivity contribution >= 4 is 19.6 Å². The molecule has 0 fully saturated rings. The van der Waals surface area contributed by atoms with Crippen LogP contribution in [0, 0.1) is 5.16 Å². The van der Waals surface area contributed by atoms with E-state index in [1.54, 1.807) is 24.3 Å². The molecular formula is C7H7N2O2P. The van der Waals surface area contributed by atoms with Gasteiger partial charge in [0.25, 0.3) is 5.91 Å². The van der Waals surface area contributed by atoms with Crippen molar-refractivity contribution in [1.82, 2.24) is 5.48 Å².